The minimum absolute atomic E-state index is 0.235. The third-order valence-electron chi connectivity index (χ3n) is 3.63. The molecule has 1 heterocycles. The quantitative estimate of drug-likeness (QED) is 0.703. The van der Waals surface area contributed by atoms with Crippen LogP contribution in [-0.4, -0.2) is 18.0 Å². The lowest BCUT2D eigenvalue weighted by Crippen LogP contribution is -2.26. The van der Waals surface area contributed by atoms with E-state index in [0.29, 0.717) is 0 Å². The Morgan fingerprint density at radius 3 is 2.54 bits per heavy atom. The molecule has 0 aliphatic rings. The number of hydrogen-bond donors (Lipinski definition) is 1. The largest absolute Gasteiger partial charge is 0.306 e. The summed E-state index contributed by atoms with van der Waals surface area (Å²) in [6.07, 6.45) is 5.28. The fourth-order valence-corrected chi connectivity index (χ4v) is 4.18. The van der Waals surface area contributed by atoms with Gasteiger partial charge in [-0.2, -0.15) is 0 Å². The van der Waals surface area contributed by atoms with E-state index < -0.39 is 10.0 Å². The Kier molecular flexibility index (Phi) is 4.84. The van der Waals surface area contributed by atoms with Crippen molar-refractivity contribution in [2.24, 2.45) is 0 Å². The molecular weight excluding hydrogens is 390 g/mol. The van der Waals surface area contributed by atoms with Gasteiger partial charge in [0.2, 0.25) is 10.0 Å². The van der Waals surface area contributed by atoms with Crippen LogP contribution in [0, 0.1) is 0 Å². The van der Waals surface area contributed by atoms with Gasteiger partial charge < -0.3 is 4.57 Å². The van der Waals surface area contributed by atoms with Gasteiger partial charge in [-0.15, -0.1) is 0 Å². The van der Waals surface area contributed by atoms with Crippen molar-refractivity contribution >= 4 is 26.0 Å². The highest BCUT2D eigenvalue weighted by molar-refractivity contribution is 9.10. The second kappa shape index (κ2) is 6.88. The highest BCUT2D eigenvalue weighted by Gasteiger charge is 2.18. The summed E-state index contributed by atoms with van der Waals surface area (Å²) >= 11 is 3.29. The third kappa shape index (κ3) is 3.75. The van der Waals surface area contributed by atoms with E-state index in [2.05, 4.69) is 25.6 Å². The summed E-state index contributed by atoms with van der Waals surface area (Å²) in [5.41, 5.74) is 1.86. The van der Waals surface area contributed by atoms with Crippen molar-refractivity contribution < 1.29 is 8.42 Å². The van der Waals surface area contributed by atoms with Crippen molar-refractivity contribution in [1.29, 1.82) is 0 Å². The van der Waals surface area contributed by atoms with Gasteiger partial charge in [-0.1, -0.05) is 34.1 Å². The Morgan fingerprint density at radius 2 is 1.92 bits per heavy atom. The molecule has 0 radical (unpaired) electrons. The number of sulfonamides is 1. The second-order valence-electron chi connectivity index (χ2n) is 5.36. The molecule has 24 heavy (non-hydrogen) atoms. The van der Waals surface area contributed by atoms with Crippen molar-refractivity contribution in [1.82, 2.24) is 14.3 Å². The lowest BCUT2D eigenvalue weighted by atomic mass is 10.1. The normalized spacial score (nSPS) is 12.9. The van der Waals surface area contributed by atoms with Crippen LogP contribution >= 0.6 is 15.9 Å². The molecule has 0 bridgehead atoms. The predicted octanol–water partition coefficient (Wildman–Crippen LogP) is 3.67. The van der Waals surface area contributed by atoms with Gasteiger partial charge in [0, 0.05) is 28.6 Å². The van der Waals surface area contributed by atoms with E-state index in [1.54, 1.807) is 36.8 Å². The number of halogens is 1. The van der Waals surface area contributed by atoms with Crippen LogP contribution in [0.25, 0.3) is 5.69 Å². The Labute approximate surface area is 149 Å². The highest BCUT2D eigenvalue weighted by atomic mass is 79.9. The van der Waals surface area contributed by atoms with Gasteiger partial charge >= 0.3 is 0 Å². The van der Waals surface area contributed by atoms with E-state index in [9.17, 15) is 8.42 Å². The lowest BCUT2D eigenvalue weighted by molar-refractivity contribution is 0.567. The molecule has 3 aromatic rings. The number of benzene rings is 2. The average molecular weight is 406 g/mol. The summed E-state index contributed by atoms with van der Waals surface area (Å²) in [6, 6.07) is 14.0. The molecule has 0 aliphatic carbocycles. The Morgan fingerprint density at radius 1 is 1.17 bits per heavy atom. The minimum atomic E-state index is -3.58. The summed E-state index contributed by atoms with van der Waals surface area (Å²) < 4.78 is 30.3. The van der Waals surface area contributed by atoms with E-state index in [1.807, 2.05) is 42.0 Å². The molecule has 0 aliphatic heterocycles. The fourth-order valence-electron chi connectivity index (χ4n) is 2.35. The lowest BCUT2D eigenvalue weighted by Gasteiger charge is -2.15. The first kappa shape index (κ1) is 16.9. The minimum Gasteiger partial charge on any atom is -0.306 e. The molecule has 3 rings (SSSR count). The Balaban J connectivity index is 1.78. The fraction of sp³-hybridized carbons (Fsp3) is 0.118. The molecule has 1 N–H and O–H groups in total. The molecule has 0 unspecified atom stereocenters. The molecular formula is C17H16BrN3O2S. The molecule has 0 spiro atoms. The molecule has 1 aromatic heterocycles. The molecule has 0 fully saturated rings. The molecule has 0 saturated carbocycles. The number of nitrogens with one attached hydrogen (secondary N) is 1. The van der Waals surface area contributed by atoms with Crippen molar-refractivity contribution in [3.8, 4) is 5.69 Å². The third-order valence-corrected chi connectivity index (χ3v) is 5.67. The molecule has 7 heteroatoms. The van der Waals surface area contributed by atoms with Crippen LogP contribution in [-0.2, 0) is 10.0 Å². The van der Waals surface area contributed by atoms with E-state index in [1.165, 1.54) is 0 Å². The van der Waals surface area contributed by atoms with Crippen LogP contribution in [0.5, 0.6) is 0 Å². The Bertz CT molecular complexity index is 923. The smallest absolute Gasteiger partial charge is 0.241 e. The highest BCUT2D eigenvalue weighted by Crippen LogP contribution is 2.20. The average Bonchev–Trinajstić information content (AvgIpc) is 3.09. The number of nitrogens with zero attached hydrogens (tertiary/aromatic N) is 2. The van der Waals surface area contributed by atoms with Crippen LogP contribution in [0.15, 0.2) is 76.6 Å². The first-order chi connectivity index (χ1) is 11.5. The number of imidazole rings is 1. The monoisotopic (exact) mass is 405 g/mol. The maximum absolute atomic E-state index is 12.5. The van der Waals surface area contributed by atoms with Crippen LogP contribution in [0.4, 0.5) is 0 Å². The van der Waals surface area contributed by atoms with Gasteiger partial charge in [-0.25, -0.2) is 18.1 Å². The van der Waals surface area contributed by atoms with Crippen LogP contribution in [0.1, 0.15) is 18.5 Å². The summed E-state index contributed by atoms with van der Waals surface area (Å²) in [5.74, 6) is 0. The molecule has 0 saturated heterocycles. The molecule has 5 nitrogen and oxygen atoms in total. The standard InChI is InChI=1S/C17H16BrN3O2S/c1-13(20-24(22,23)17-4-2-3-15(18)11-17)14-5-7-16(8-6-14)21-10-9-19-12-21/h2-13,20H,1H3/t13-/m0/s1. The molecule has 1 atom stereocenters. The van der Waals surface area contributed by atoms with Crippen molar-refractivity contribution in [3.05, 3.63) is 77.3 Å². The summed E-state index contributed by atoms with van der Waals surface area (Å²) in [7, 11) is -3.58. The second-order valence-corrected chi connectivity index (χ2v) is 7.99. The predicted molar refractivity (Wildman–Crippen MR) is 96.4 cm³/mol. The molecule has 2 aromatic carbocycles. The van der Waals surface area contributed by atoms with Crippen LogP contribution < -0.4 is 4.72 Å². The zero-order valence-corrected chi connectivity index (χ0v) is 15.3. The van der Waals surface area contributed by atoms with E-state index in [-0.39, 0.29) is 10.9 Å². The van der Waals surface area contributed by atoms with E-state index in [0.717, 1.165) is 15.7 Å². The first-order valence-corrected chi connectivity index (χ1v) is 9.59. The van der Waals surface area contributed by atoms with Crippen LogP contribution in [0.3, 0.4) is 0 Å². The summed E-state index contributed by atoms with van der Waals surface area (Å²) in [5, 5.41) is 0. The van der Waals surface area contributed by atoms with Gasteiger partial charge in [0.15, 0.2) is 0 Å². The number of rotatable bonds is 5. The van der Waals surface area contributed by atoms with Crippen molar-refractivity contribution in [2.45, 2.75) is 17.9 Å². The first-order valence-electron chi connectivity index (χ1n) is 7.32. The summed E-state index contributed by atoms with van der Waals surface area (Å²) in [6.45, 7) is 1.82. The van der Waals surface area contributed by atoms with E-state index >= 15 is 0 Å². The number of aromatic nitrogens is 2. The van der Waals surface area contributed by atoms with Gasteiger partial charge in [0.1, 0.15) is 0 Å². The van der Waals surface area contributed by atoms with Gasteiger partial charge in [0.05, 0.1) is 11.2 Å². The molecule has 124 valence electrons. The topological polar surface area (TPSA) is 64.0 Å². The van der Waals surface area contributed by atoms with Crippen LogP contribution in [0.2, 0.25) is 0 Å². The van der Waals surface area contributed by atoms with Gasteiger partial charge in [0.25, 0.3) is 0 Å². The molecule has 0 amide bonds. The summed E-state index contributed by atoms with van der Waals surface area (Å²) in [4.78, 5) is 4.25. The Hall–Kier alpha value is -1.96. The number of hydrogen-bond acceptors (Lipinski definition) is 3. The zero-order chi connectivity index (χ0) is 17.2. The van der Waals surface area contributed by atoms with Crippen molar-refractivity contribution in [3.63, 3.8) is 0 Å². The zero-order valence-electron chi connectivity index (χ0n) is 12.9. The SMILES string of the molecule is C[C@H](NS(=O)(=O)c1cccc(Br)c1)c1ccc(-n2ccnc2)cc1. The maximum atomic E-state index is 12.5. The van der Waals surface area contributed by atoms with Gasteiger partial charge in [-0.3, -0.25) is 0 Å². The van der Waals surface area contributed by atoms with Crippen molar-refractivity contribution in [2.75, 3.05) is 0 Å². The van der Waals surface area contributed by atoms with Gasteiger partial charge in [-0.05, 0) is 42.8 Å². The van der Waals surface area contributed by atoms with E-state index in [4.69, 9.17) is 0 Å². The maximum Gasteiger partial charge on any atom is 0.241 e.